The lowest BCUT2D eigenvalue weighted by molar-refractivity contribution is 0.470. The summed E-state index contributed by atoms with van der Waals surface area (Å²) >= 11 is 0. The highest BCUT2D eigenvalue weighted by molar-refractivity contribution is 5.57. The van der Waals surface area contributed by atoms with Gasteiger partial charge in [0.15, 0.2) is 0 Å². The van der Waals surface area contributed by atoms with Crippen LogP contribution in [-0.4, -0.2) is 11.1 Å². The molecule has 0 amide bonds. The maximum Gasteiger partial charge on any atom is 0.118 e. The Morgan fingerprint density at radius 3 is 2.18 bits per heavy atom. The zero-order valence-electron chi connectivity index (χ0n) is 11.5. The van der Waals surface area contributed by atoms with Gasteiger partial charge >= 0.3 is 0 Å². The van der Waals surface area contributed by atoms with E-state index >= 15 is 0 Å². The summed E-state index contributed by atoms with van der Waals surface area (Å²) in [5.74, 6) is 0.385. The fourth-order valence-corrected chi connectivity index (χ4v) is 2.16. The first-order valence-corrected chi connectivity index (χ1v) is 6.65. The van der Waals surface area contributed by atoms with E-state index in [9.17, 15) is 5.11 Å². The number of aromatic hydroxyl groups is 1. The van der Waals surface area contributed by atoms with Gasteiger partial charge in [0.25, 0.3) is 0 Å². The van der Waals surface area contributed by atoms with Gasteiger partial charge in [0.2, 0.25) is 0 Å². The number of hydrogen-bond acceptors (Lipinski definition) is 2. The molecule has 2 heteroatoms. The molecule has 0 saturated carbocycles. The summed E-state index contributed by atoms with van der Waals surface area (Å²) in [6.07, 6.45) is 4.81. The minimum atomic E-state index is 0.385. The van der Waals surface area contributed by atoms with E-state index in [2.05, 4.69) is 19.2 Å². The second kappa shape index (κ2) is 6.53. The molecule has 96 valence electrons. The van der Waals surface area contributed by atoms with Gasteiger partial charge in [-0.1, -0.05) is 26.7 Å². The molecule has 0 spiro atoms. The number of benzene rings is 1. The maximum atomic E-state index is 9.64. The van der Waals surface area contributed by atoms with Crippen LogP contribution in [0.4, 0.5) is 5.69 Å². The molecule has 0 aliphatic heterocycles. The van der Waals surface area contributed by atoms with Gasteiger partial charge in [0.05, 0.1) is 0 Å². The maximum absolute atomic E-state index is 9.64. The van der Waals surface area contributed by atoms with E-state index in [1.807, 2.05) is 26.0 Å². The first-order chi connectivity index (χ1) is 8.08. The highest BCUT2D eigenvalue weighted by Gasteiger charge is 2.09. The van der Waals surface area contributed by atoms with Gasteiger partial charge in [0.1, 0.15) is 5.75 Å². The molecule has 0 aromatic heterocycles. The lowest BCUT2D eigenvalue weighted by Crippen LogP contribution is -2.19. The summed E-state index contributed by atoms with van der Waals surface area (Å²) in [5, 5.41) is 13.2. The number of nitrogens with one attached hydrogen (secondary N) is 1. The van der Waals surface area contributed by atoms with E-state index in [4.69, 9.17) is 0 Å². The number of hydrogen-bond donors (Lipinski definition) is 2. The number of phenolic OH excluding ortho intramolecular Hbond substituents is 1. The normalized spacial score (nSPS) is 10.9. The third kappa shape index (κ3) is 3.95. The van der Waals surface area contributed by atoms with Gasteiger partial charge in [-0.2, -0.15) is 0 Å². The lowest BCUT2D eigenvalue weighted by Gasteiger charge is -2.21. The molecule has 0 unspecified atom stereocenters. The standard InChI is InChI=1S/C15H25NO/c1-5-7-13(8-6-2)16-14-9-12(4)15(17)10-11(14)3/h9-10,13,16-17H,5-8H2,1-4H3. The van der Waals surface area contributed by atoms with Crippen molar-refractivity contribution >= 4 is 5.69 Å². The van der Waals surface area contributed by atoms with Crippen LogP contribution in [-0.2, 0) is 0 Å². The molecular weight excluding hydrogens is 210 g/mol. The number of aryl methyl sites for hydroxylation is 2. The molecule has 2 nitrogen and oxygen atoms in total. The van der Waals surface area contributed by atoms with Crippen LogP contribution in [0, 0.1) is 13.8 Å². The zero-order valence-corrected chi connectivity index (χ0v) is 11.5. The van der Waals surface area contributed by atoms with Gasteiger partial charge in [-0.05, 0) is 49.9 Å². The van der Waals surface area contributed by atoms with E-state index in [-0.39, 0.29) is 0 Å². The minimum Gasteiger partial charge on any atom is -0.508 e. The SMILES string of the molecule is CCCC(CCC)Nc1cc(C)c(O)cc1C. The summed E-state index contributed by atoms with van der Waals surface area (Å²) in [4.78, 5) is 0. The largest absolute Gasteiger partial charge is 0.508 e. The third-order valence-electron chi connectivity index (χ3n) is 3.18. The van der Waals surface area contributed by atoms with Gasteiger partial charge in [0, 0.05) is 11.7 Å². The molecular formula is C15H25NO. The monoisotopic (exact) mass is 235 g/mol. The Bertz CT molecular complexity index is 354. The average Bonchev–Trinajstić information content (AvgIpc) is 2.26. The lowest BCUT2D eigenvalue weighted by atomic mass is 10.0. The van der Waals surface area contributed by atoms with Crippen LogP contribution in [0.15, 0.2) is 12.1 Å². The van der Waals surface area contributed by atoms with Gasteiger partial charge < -0.3 is 10.4 Å². The summed E-state index contributed by atoms with van der Waals surface area (Å²) < 4.78 is 0. The van der Waals surface area contributed by atoms with E-state index in [1.165, 1.54) is 25.7 Å². The van der Waals surface area contributed by atoms with Gasteiger partial charge in [-0.3, -0.25) is 0 Å². The van der Waals surface area contributed by atoms with Crippen molar-refractivity contribution in [3.05, 3.63) is 23.3 Å². The number of phenols is 1. The molecule has 0 saturated heterocycles. The van der Waals surface area contributed by atoms with Crippen molar-refractivity contribution in [3.63, 3.8) is 0 Å². The minimum absolute atomic E-state index is 0.385. The molecule has 0 bridgehead atoms. The summed E-state index contributed by atoms with van der Waals surface area (Å²) in [7, 11) is 0. The first kappa shape index (κ1) is 13.9. The van der Waals surface area contributed by atoms with Crippen LogP contribution in [0.2, 0.25) is 0 Å². The van der Waals surface area contributed by atoms with E-state index in [0.29, 0.717) is 11.8 Å². The number of rotatable bonds is 6. The fourth-order valence-electron chi connectivity index (χ4n) is 2.16. The Kier molecular flexibility index (Phi) is 5.33. The molecule has 0 aliphatic carbocycles. The van der Waals surface area contributed by atoms with Crippen LogP contribution in [0.3, 0.4) is 0 Å². The second-order valence-corrected chi connectivity index (χ2v) is 4.87. The average molecular weight is 235 g/mol. The smallest absolute Gasteiger partial charge is 0.118 e. The van der Waals surface area contributed by atoms with Gasteiger partial charge in [-0.25, -0.2) is 0 Å². The van der Waals surface area contributed by atoms with Crippen LogP contribution in [0.25, 0.3) is 0 Å². The molecule has 17 heavy (non-hydrogen) atoms. The molecule has 0 aliphatic rings. The van der Waals surface area contributed by atoms with Crippen LogP contribution in [0.5, 0.6) is 5.75 Å². The third-order valence-corrected chi connectivity index (χ3v) is 3.18. The molecule has 0 fully saturated rings. The molecule has 1 aromatic rings. The summed E-state index contributed by atoms with van der Waals surface area (Å²) in [6.45, 7) is 8.42. The molecule has 2 N–H and O–H groups in total. The summed E-state index contributed by atoms with van der Waals surface area (Å²) in [5.41, 5.74) is 3.21. The zero-order chi connectivity index (χ0) is 12.8. The quantitative estimate of drug-likeness (QED) is 0.717. The Morgan fingerprint density at radius 1 is 1.06 bits per heavy atom. The van der Waals surface area contributed by atoms with Crippen molar-refractivity contribution in [2.75, 3.05) is 5.32 Å². The van der Waals surface area contributed by atoms with Gasteiger partial charge in [-0.15, -0.1) is 0 Å². The molecule has 1 aromatic carbocycles. The number of anilines is 1. The van der Waals surface area contributed by atoms with Crippen molar-refractivity contribution in [2.24, 2.45) is 0 Å². The van der Waals surface area contributed by atoms with E-state index in [1.54, 1.807) is 0 Å². The van der Waals surface area contributed by atoms with Crippen molar-refractivity contribution < 1.29 is 5.11 Å². The molecule has 0 heterocycles. The Balaban J connectivity index is 2.81. The Morgan fingerprint density at radius 2 is 1.65 bits per heavy atom. The molecule has 1 rings (SSSR count). The molecule has 0 radical (unpaired) electrons. The second-order valence-electron chi connectivity index (χ2n) is 4.87. The fraction of sp³-hybridized carbons (Fsp3) is 0.600. The van der Waals surface area contributed by atoms with Crippen molar-refractivity contribution in [2.45, 2.75) is 59.4 Å². The van der Waals surface area contributed by atoms with E-state index < -0.39 is 0 Å². The van der Waals surface area contributed by atoms with Crippen LogP contribution < -0.4 is 5.32 Å². The topological polar surface area (TPSA) is 32.3 Å². The molecule has 0 atom stereocenters. The van der Waals surface area contributed by atoms with Crippen molar-refractivity contribution in [3.8, 4) is 5.75 Å². The predicted molar refractivity (Wildman–Crippen MR) is 74.8 cm³/mol. The predicted octanol–water partition coefficient (Wildman–Crippen LogP) is 4.39. The highest BCUT2D eigenvalue weighted by Crippen LogP contribution is 2.26. The highest BCUT2D eigenvalue weighted by atomic mass is 16.3. The van der Waals surface area contributed by atoms with Crippen LogP contribution in [0.1, 0.15) is 50.7 Å². The summed E-state index contributed by atoms with van der Waals surface area (Å²) in [6, 6.07) is 4.43. The van der Waals surface area contributed by atoms with E-state index in [0.717, 1.165) is 16.8 Å². The van der Waals surface area contributed by atoms with Crippen molar-refractivity contribution in [1.29, 1.82) is 0 Å². The Hall–Kier alpha value is -1.18. The Labute approximate surface area is 105 Å². The van der Waals surface area contributed by atoms with Crippen LogP contribution >= 0.6 is 0 Å². The van der Waals surface area contributed by atoms with Crippen molar-refractivity contribution in [1.82, 2.24) is 0 Å². The first-order valence-electron chi connectivity index (χ1n) is 6.65.